The monoisotopic (exact) mass is 406 g/mol. The normalized spacial score (nSPS) is 12.4. The van der Waals surface area contributed by atoms with Gasteiger partial charge in [0.05, 0.1) is 6.20 Å². The lowest BCUT2D eigenvalue weighted by atomic mass is 10.2. The molecule has 1 amide bonds. The molecule has 2 aromatic carbocycles. The highest BCUT2D eigenvalue weighted by Gasteiger charge is 2.17. The fourth-order valence-corrected chi connectivity index (χ4v) is 3.60. The second-order valence-corrected chi connectivity index (χ2v) is 7.48. The Morgan fingerprint density at radius 3 is 2.60 bits per heavy atom. The summed E-state index contributed by atoms with van der Waals surface area (Å²) in [6.45, 7) is 4.16. The quantitative estimate of drug-likeness (QED) is 0.533. The zero-order valence-electron chi connectivity index (χ0n) is 16.9. The third kappa shape index (κ3) is 3.70. The van der Waals surface area contributed by atoms with E-state index in [1.165, 1.54) is 16.8 Å². The predicted octanol–water partition coefficient (Wildman–Crippen LogP) is 3.45. The number of para-hydroxylation sites is 1. The van der Waals surface area contributed by atoms with E-state index in [0.29, 0.717) is 12.1 Å². The maximum Gasteiger partial charge on any atom is 0.291 e. The van der Waals surface area contributed by atoms with Crippen molar-refractivity contribution < 1.29 is 9.18 Å². The first-order chi connectivity index (χ1) is 14.5. The van der Waals surface area contributed by atoms with Crippen LogP contribution in [0.5, 0.6) is 0 Å². The summed E-state index contributed by atoms with van der Waals surface area (Å²) in [5.74, 6) is -0.556. The standard InChI is InChI=1S/C23H23FN4O2/c1-3-15(2)26-21(29)14-28-23(30)22-19(12-25-28)18-6-4-5-7-20(18)27(22)13-16-8-10-17(24)11-9-16/h4-12,15H,3,13-14H2,1-2H3,(H,26,29)/t15-/m1/s1. The summed E-state index contributed by atoms with van der Waals surface area (Å²) < 4.78 is 16.4. The largest absolute Gasteiger partial charge is 0.352 e. The van der Waals surface area contributed by atoms with Gasteiger partial charge in [0.25, 0.3) is 5.56 Å². The lowest BCUT2D eigenvalue weighted by Gasteiger charge is -2.12. The highest BCUT2D eigenvalue weighted by atomic mass is 19.1. The Labute approximate surface area is 172 Å². The summed E-state index contributed by atoms with van der Waals surface area (Å²) in [4.78, 5) is 25.6. The Hall–Kier alpha value is -3.48. The van der Waals surface area contributed by atoms with Crippen LogP contribution in [0, 0.1) is 5.82 Å². The molecule has 2 heterocycles. The fraction of sp³-hybridized carbons (Fsp3) is 0.261. The zero-order chi connectivity index (χ0) is 21.3. The number of nitrogens with zero attached hydrogens (tertiary/aromatic N) is 3. The molecular weight excluding hydrogens is 383 g/mol. The molecule has 1 atom stereocenters. The van der Waals surface area contributed by atoms with E-state index < -0.39 is 0 Å². The summed E-state index contributed by atoms with van der Waals surface area (Å²) in [5.41, 5.74) is 1.91. The number of nitrogens with one attached hydrogen (secondary N) is 1. The fourth-order valence-electron chi connectivity index (χ4n) is 3.60. The maximum atomic E-state index is 13.3. The number of fused-ring (bicyclic) bond motifs is 3. The van der Waals surface area contributed by atoms with Gasteiger partial charge in [-0.1, -0.05) is 37.3 Å². The number of carbonyl (C=O) groups is 1. The van der Waals surface area contributed by atoms with Gasteiger partial charge in [0.1, 0.15) is 17.9 Å². The van der Waals surface area contributed by atoms with Crippen LogP contribution in [0.3, 0.4) is 0 Å². The predicted molar refractivity (Wildman–Crippen MR) is 115 cm³/mol. The third-order valence-corrected chi connectivity index (χ3v) is 5.34. The summed E-state index contributed by atoms with van der Waals surface area (Å²) in [7, 11) is 0. The number of hydrogen-bond donors (Lipinski definition) is 1. The maximum absolute atomic E-state index is 13.3. The SMILES string of the molecule is CC[C@@H](C)NC(=O)Cn1ncc2c3ccccc3n(Cc3ccc(F)cc3)c2c1=O. The van der Waals surface area contributed by atoms with Gasteiger partial charge in [-0.15, -0.1) is 0 Å². The summed E-state index contributed by atoms with van der Waals surface area (Å²) in [6.07, 6.45) is 2.44. The van der Waals surface area contributed by atoms with Crippen LogP contribution in [0.1, 0.15) is 25.8 Å². The van der Waals surface area contributed by atoms with E-state index in [1.807, 2.05) is 42.7 Å². The van der Waals surface area contributed by atoms with Crippen LogP contribution < -0.4 is 10.9 Å². The molecule has 0 aliphatic rings. The smallest absolute Gasteiger partial charge is 0.291 e. The van der Waals surface area contributed by atoms with E-state index in [4.69, 9.17) is 0 Å². The number of aromatic nitrogens is 3. The van der Waals surface area contributed by atoms with Crippen LogP contribution in [0.15, 0.2) is 59.5 Å². The first-order valence-electron chi connectivity index (χ1n) is 9.98. The summed E-state index contributed by atoms with van der Waals surface area (Å²) >= 11 is 0. The average Bonchev–Trinajstić information content (AvgIpc) is 3.06. The highest BCUT2D eigenvalue weighted by molar-refractivity contribution is 6.07. The second-order valence-electron chi connectivity index (χ2n) is 7.48. The highest BCUT2D eigenvalue weighted by Crippen LogP contribution is 2.27. The molecule has 7 heteroatoms. The van der Waals surface area contributed by atoms with Crippen LogP contribution in [-0.4, -0.2) is 26.3 Å². The lowest BCUT2D eigenvalue weighted by Crippen LogP contribution is -2.38. The van der Waals surface area contributed by atoms with Gasteiger partial charge in [0.2, 0.25) is 5.91 Å². The van der Waals surface area contributed by atoms with Crippen LogP contribution in [0.4, 0.5) is 4.39 Å². The second kappa shape index (κ2) is 8.10. The van der Waals surface area contributed by atoms with E-state index in [0.717, 1.165) is 28.3 Å². The van der Waals surface area contributed by atoms with Crippen molar-refractivity contribution in [3.05, 3.63) is 76.5 Å². The molecule has 6 nitrogen and oxygen atoms in total. The van der Waals surface area contributed by atoms with Gasteiger partial charge in [-0.3, -0.25) is 9.59 Å². The first kappa shape index (κ1) is 19.8. The minimum Gasteiger partial charge on any atom is -0.352 e. The molecule has 0 spiro atoms. The van der Waals surface area contributed by atoms with Crippen molar-refractivity contribution in [2.45, 2.75) is 39.4 Å². The van der Waals surface area contributed by atoms with E-state index in [9.17, 15) is 14.0 Å². The number of amides is 1. The topological polar surface area (TPSA) is 68.9 Å². The van der Waals surface area contributed by atoms with E-state index in [-0.39, 0.29) is 29.9 Å². The Morgan fingerprint density at radius 2 is 1.87 bits per heavy atom. The van der Waals surface area contributed by atoms with Crippen molar-refractivity contribution in [1.82, 2.24) is 19.7 Å². The molecule has 0 saturated heterocycles. The molecule has 0 fully saturated rings. The molecule has 4 rings (SSSR count). The van der Waals surface area contributed by atoms with Gasteiger partial charge >= 0.3 is 0 Å². The molecule has 0 radical (unpaired) electrons. The van der Waals surface area contributed by atoms with E-state index in [2.05, 4.69) is 10.4 Å². The first-order valence-corrected chi connectivity index (χ1v) is 9.98. The molecule has 0 aliphatic carbocycles. The Bertz CT molecular complexity index is 1270. The molecule has 2 aromatic heterocycles. The van der Waals surface area contributed by atoms with Crippen LogP contribution in [0.2, 0.25) is 0 Å². The molecule has 0 unspecified atom stereocenters. The number of rotatable bonds is 6. The van der Waals surface area contributed by atoms with Crippen LogP contribution in [-0.2, 0) is 17.9 Å². The molecule has 30 heavy (non-hydrogen) atoms. The van der Waals surface area contributed by atoms with Gasteiger partial charge in [0, 0.05) is 28.9 Å². The van der Waals surface area contributed by atoms with Gasteiger partial charge < -0.3 is 9.88 Å². The van der Waals surface area contributed by atoms with Gasteiger partial charge in [-0.2, -0.15) is 5.10 Å². The average molecular weight is 406 g/mol. The van der Waals surface area contributed by atoms with Crippen LogP contribution >= 0.6 is 0 Å². The minimum atomic E-state index is -0.329. The number of halogens is 1. The minimum absolute atomic E-state index is 0.0295. The Balaban J connectivity index is 1.82. The van der Waals surface area contributed by atoms with Crippen molar-refractivity contribution in [3.63, 3.8) is 0 Å². The van der Waals surface area contributed by atoms with Crippen molar-refractivity contribution in [2.24, 2.45) is 0 Å². The van der Waals surface area contributed by atoms with Crippen molar-refractivity contribution in [3.8, 4) is 0 Å². The molecule has 1 N–H and O–H groups in total. The van der Waals surface area contributed by atoms with Gasteiger partial charge in [-0.25, -0.2) is 9.07 Å². The van der Waals surface area contributed by atoms with Gasteiger partial charge in [-0.05, 0) is 37.1 Å². The number of carbonyl (C=O) groups excluding carboxylic acids is 1. The van der Waals surface area contributed by atoms with Crippen LogP contribution in [0.25, 0.3) is 21.8 Å². The van der Waals surface area contributed by atoms with Crippen molar-refractivity contribution >= 4 is 27.7 Å². The number of benzene rings is 2. The Kier molecular flexibility index (Phi) is 5.35. The molecular formula is C23H23FN4O2. The third-order valence-electron chi connectivity index (χ3n) is 5.34. The zero-order valence-corrected chi connectivity index (χ0v) is 16.9. The number of hydrogen-bond acceptors (Lipinski definition) is 3. The van der Waals surface area contributed by atoms with E-state index in [1.54, 1.807) is 18.3 Å². The molecule has 0 saturated carbocycles. The van der Waals surface area contributed by atoms with Gasteiger partial charge in [0.15, 0.2) is 0 Å². The summed E-state index contributed by atoms with van der Waals surface area (Å²) in [6, 6.07) is 14.0. The molecule has 0 aliphatic heterocycles. The lowest BCUT2D eigenvalue weighted by molar-refractivity contribution is -0.122. The molecule has 4 aromatic rings. The van der Waals surface area contributed by atoms with E-state index >= 15 is 0 Å². The molecule has 154 valence electrons. The Morgan fingerprint density at radius 1 is 1.13 bits per heavy atom. The van der Waals surface area contributed by atoms with Crippen molar-refractivity contribution in [1.29, 1.82) is 0 Å². The van der Waals surface area contributed by atoms with Crippen molar-refractivity contribution in [2.75, 3.05) is 0 Å². The summed E-state index contributed by atoms with van der Waals surface area (Å²) in [5, 5.41) is 8.75. The molecule has 0 bridgehead atoms.